The molecule has 1 aliphatic carbocycles. The summed E-state index contributed by atoms with van der Waals surface area (Å²) >= 11 is 6.46. The zero-order valence-electron chi connectivity index (χ0n) is 37.8. The number of nitrogens with one attached hydrogen (secondary N) is 4. The summed E-state index contributed by atoms with van der Waals surface area (Å²) in [6.07, 6.45) is -4.02. The Labute approximate surface area is 380 Å². The smallest absolute Gasteiger partial charge is 0.354 e. The Morgan fingerprint density at radius 3 is 2.34 bits per heavy atom. The van der Waals surface area contributed by atoms with E-state index in [0.717, 1.165) is 10.5 Å². The van der Waals surface area contributed by atoms with Gasteiger partial charge >= 0.3 is 6.18 Å². The summed E-state index contributed by atoms with van der Waals surface area (Å²) in [5.41, 5.74) is -0.646. The molecule has 0 unspecified atom stereocenters. The van der Waals surface area contributed by atoms with Crippen LogP contribution in [0.25, 0.3) is 11.1 Å². The lowest BCUT2D eigenvalue weighted by atomic mass is 9.94. The molecule has 1 saturated carbocycles. The van der Waals surface area contributed by atoms with Crippen molar-refractivity contribution >= 4 is 53.0 Å². The van der Waals surface area contributed by atoms with Crippen molar-refractivity contribution in [2.75, 3.05) is 27.2 Å². The van der Waals surface area contributed by atoms with Crippen LogP contribution in [0.3, 0.4) is 0 Å². The van der Waals surface area contributed by atoms with E-state index >= 15 is 0 Å². The average molecular weight is 938 g/mol. The number of nitrogens with zero attached hydrogens (tertiary/aromatic N) is 5. The van der Waals surface area contributed by atoms with Gasteiger partial charge in [0.2, 0.25) is 41.4 Å². The van der Waals surface area contributed by atoms with E-state index in [1.165, 1.54) is 25.9 Å². The van der Waals surface area contributed by atoms with E-state index in [-0.39, 0.29) is 38.1 Å². The number of carbonyl (C=O) groups is 7. The molecule has 16 nitrogen and oxygen atoms in total. The third-order valence-electron chi connectivity index (χ3n) is 12.5. The van der Waals surface area contributed by atoms with Crippen LogP contribution in [0.1, 0.15) is 84.6 Å². The van der Waals surface area contributed by atoms with E-state index in [1.54, 1.807) is 49.2 Å². The first-order valence-corrected chi connectivity index (χ1v) is 22.4. The second-order valence-corrected chi connectivity index (χ2v) is 18.3. The molecule has 0 spiro atoms. The van der Waals surface area contributed by atoms with Gasteiger partial charge in [-0.25, -0.2) is 4.39 Å². The molecule has 7 atom stereocenters. The average Bonchev–Trinajstić information content (AvgIpc) is 3.83. The minimum absolute atomic E-state index is 0.0432. The zero-order valence-corrected chi connectivity index (χ0v) is 38.5. The van der Waals surface area contributed by atoms with Crippen LogP contribution >= 0.6 is 11.6 Å². The van der Waals surface area contributed by atoms with Gasteiger partial charge in [-0.3, -0.25) is 38.2 Å². The highest BCUT2D eigenvalue weighted by Gasteiger charge is 2.70. The molecule has 3 aliphatic rings. The van der Waals surface area contributed by atoms with E-state index < -0.39 is 121 Å². The van der Waals surface area contributed by atoms with Crippen molar-refractivity contribution < 1.29 is 51.1 Å². The van der Waals surface area contributed by atoms with Crippen LogP contribution in [0.5, 0.6) is 0 Å². The lowest BCUT2D eigenvalue weighted by Gasteiger charge is -2.35. The second-order valence-electron chi connectivity index (χ2n) is 17.9. The molecule has 5 rings (SSSR count). The molecule has 1 aromatic carbocycles. The van der Waals surface area contributed by atoms with E-state index in [0.29, 0.717) is 33.9 Å². The van der Waals surface area contributed by atoms with Crippen LogP contribution in [0.15, 0.2) is 30.6 Å². The van der Waals surface area contributed by atoms with Gasteiger partial charge in [-0.15, -0.1) is 0 Å². The molecule has 2 aliphatic heterocycles. The fourth-order valence-corrected chi connectivity index (χ4v) is 8.73. The summed E-state index contributed by atoms with van der Waals surface area (Å²) in [5.74, 6) is -5.78. The van der Waals surface area contributed by atoms with Gasteiger partial charge in [0.1, 0.15) is 47.8 Å². The number of benzene rings is 1. The number of aromatic nitrogens is 2. The van der Waals surface area contributed by atoms with Crippen molar-refractivity contribution in [3.8, 4) is 11.1 Å². The molecule has 358 valence electrons. The summed E-state index contributed by atoms with van der Waals surface area (Å²) in [4.78, 5) is 100. The zero-order chi connectivity index (χ0) is 48.1. The Kier molecular flexibility index (Phi) is 16.3. The van der Waals surface area contributed by atoms with Crippen LogP contribution in [-0.2, 0) is 47.0 Å². The SMILES string of the molecule is CC[C@H](NC(=O)[C@@H]1C[C@@H](F)CN1C(=O)C1(C(F)(F)F)CC1)C(=O)N(C)[C@H]1CCCCNC(=O)[C@@H](C)NC(=O)[C@H](Cc2cc(Cl)ccc2-c2cnn(C)c2)N(C)C(=O)[C@H](CC(C)C)NC1=O. The van der Waals surface area contributed by atoms with Gasteiger partial charge in [0.05, 0.1) is 12.7 Å². The van der Waals surface area contributed by atoms with Gasteiger partial charge in [-0.2, -0.15) is 18.3 Å². The Morgan fingerprint density at radius 1 is 1.05 bits per heavy atom. The molecular weight excluding hydrogens is 878 g/mol. The number of alkyl halides is 4. The number of halogens is 5. The first-order valence-electron chi connectivity index (χ1n) is 22.0. The van der Waals surface area contributed by atoms with Crippen molar-refractivity contribution in [2.45, 2.75) is 134 Å². The predicted molar refractivity (Wildman–Crippen MR) is 231 cm³/mol. The molecule has 3 heterocycles. The monoisotopic (exact) mass is 937 g/mol. The molecule has 4 N–H and O–H groups in total. The summed E-state index contributed by atoms with van der Waals surface area (Å²) in [5, 5.41) is 15.5. The lowest BCUT2D eigenvalue weighted by Crippen LogP contribution is -2.60. The van der Waals surface area contributed by atoms with Crippen molar-refractivity contribution in [3.05, 3.63) is 41.2 Å². The number of amides is 7. The highest BCUT2D eigenvalue weighted by atomic mass is 35.5. The number of likely N-dealkylation sites (tertiary alicyclic amines) is 1. The number of likely N-dealkylation sites (N-methyl/N-ethyl adjacent to an activating group) is 2. The van der Waals surface area contributed by atoms with Gasteiger partial charge in [-0.1, -0.05) is 38.4 Å². The second kappa shape index (κ2) is 20.9. The van der Waals surface area contributed by atoms with E-state index in [9.17, 15) is 51.1 Å². The first-order chi connectivity index (χ1) is 30.5. The maximum absolute atomic E-state index is 14.7. The summed E-state index contributed by atoms with van der Waals surface area (Å²) in [6.45, 7) is 6.20. The van der Waals surface area contributed by atoms with Crippen LogP contribution in [0.2, 0.25) is 5.02 Å². The van der Waals surface area contributed by atoms with Gasteiger partial charge in [-0.05, 0) is 81.0 Å². The molecule has 3 fully saturated rings. The molecule has 21 heteroatoms. The van der Waals surface area contributed by atoms with Crippen molar-refractivity contribution in [2.24, 2.45) is 18.4 Å². The third kappa shape index (κ3) is 11.8. The van der Waals surface area contributed by atoms with Crippen molar-refractivity contribution in [1.82, 2.24) is 45.7 Å². The Bertz CT molecular complexity index is 2110. The number of carbonyl (C=O) groups excluding carboxylic acids is 7. The van der Waals surface area contributed by atoms with Crippen molar-refractivity contribution in [3.63, 3.8) is 0 Å². The molecule has 65 heavy (non-hydrogen) atoms. The van der Waals surface area contributed by atoms with Crippen molar-refractivity contribution in [1.29, 1.82) is 0 Å². The maximum atomic E-state index is 14.7. The standard InChI is InChI=1S/C44H60ClF4N9O7/c1-8-31(53-39(62)35-20-29(46)23-58(35)42(65)43(14-15-43)44(47,48)49)40(63)56(6)33-11-9-10-16-50-36(59)25(4)52-38(61)34(57(7)41(64)32(17-24(2)3)54-37(33)60)19-26-18-28(45)12-13-30(26)27-21-51-55(5)22-27/h12-13,18,21-22,24-25,29,31-35H,8-11,14-17,19-20,23H2,1-7H3,(H,50,59)(H,52,61)(H,53,62)(H,54,60)/t25-,29-,31+,32+,33+,34+,35+/m1/s1. The Hall–Kier alpha value is -5.27. The molecule has 0 radical (unpaired) electrons. The van der Waals surface area contributed by atoms with Gasteiger partial charge in [0.15, 0.2) is 0 Å². The van der Waals surface area contributed by atoms with Crippen LogP contribution in [0.4, 0.5) is 17.6 Å². The number of rotatable bonds is 11. The van der Waals surface area contributed by atoms with E-state index in [1.807, 2.05) is 13.8 Å². The first kappa shape index (κ1) is 50.7. The van der Waals surface area contributed by atoms with Gasteiger partial charge in [0.25, 0.3) is 0 Å². The fourth-order valence-electron chi connectivity index (χ4n) is 8.53. The van der Waals surface area contributed by atoms with E-state index in [2.05, 4.69) is 26.4 Å². The molecule has 1 aromatic heterocycles. The topological polar surface area (TPSA) is 195 Å². The minimum atomic E-state index is -4.88. The predicted octanol–water partition coefficient (Wildman–Crippen LogP) is 3.45. The van der Waals surface area contributed by atoms with E-state index in [4.69, 9.17) is 11.6 Å². The van der Waals surface area contributed by atoms with Gasteiger partial charge in [0, 0.05) is 57.3 Å². The minimum Gasteiger partial charge on any atom is -0.354 e. The quantitative estimate of drug-likeness (QED) is 0.246. The van der Waals surface area contributed by atoms with Gasteiger partial charge < -0.3 is 36.0 Å². The largest absolute Gasteiger partial charge is 0.403 e. The lowest BCUT2D eigenvalue weighted by molar-refractivity contribution is -0.199. The third-order valence-corrected chi connectivity index (χ3v) is 12.8. The van der Waals surface area contributed by atoms with Crippen LogP contribution in [0, 0.1) is 11.3 Å². The van der Waals surface area contributed by atoms with Crippen LogP contribution in [-0.4, -0.2) is 142 Å². The number of aryl methyl sites for hydroxylation is 1. The highest BCUT2D eigenvalue weighted by molar-refractivity contribution is 6.30. The molecule has 0 bridgehead atoms. The molecule has 7 amide bonds. The maximum Gasteiger partial charge on any atom is 0.403 e. The summed E-state index contributed by atoms with van der Waals surface area (Å²) in [7, 11) is 4.51. The highest BCUT2D eigenvalue weighted by Crippen LogP contribution is 2.59. The Morgan fingerprint density at radius 2 is 1.74 bits per heavy atom. The molecule has 2 saturated heterocycles. The molecule has 2 aromatic rings. The normalized spacial score (nSPS) is 25.1. The fraction of sp³-hybridized carbons (Fsp3) is 0.636. The Balaban J connectivity index is 1.41. The van der Waals surface area contributed by atoms with Crippen LogP contribution < -0.4 is 21.3 Å². The summed E-state index contributed by atoms with van der Waals surface area (Å²) in [6, 6.07) is -2.46. The number of hydrogen-bond donors (Lipinski definition) is 4. The number of hydrogen-bond acceptors (Lipinski definition) is 8. The summed E-state index contributed by atoms with van der Waals surface area (Å²) < 4.78 is 57.9. The molecular formula is C44H60ClF4N9O7.